The van der Waals surface area contributed by atoms with Crippen LogP contribution in [0.1, 0.15) is 25.7 Å². The SMILES string of the molecule is COC(=O)CC1(Oc2cccc(Cl)c2F)CCC1. The van der Waals surface area contributed by atoms with Crippen LogP contribution in [0.3, 0.4) is 0 Å². The van der Waals surface area contributed by atoms with E-state index in [4.69, 9.17) is 16.3 Å². The standard InChI is InChI=1S/C13H14ClFO3/c1-17-11(16)8-13(6-3-7-13)18-10-5-2-4-9(14)12(10)15/h2,4-5H,3,6-8H2,1H3. The summed E-state index contributed by atoms with van der Waals surface area (Å²) in [5.41, 5.74) is -0.640. The molecule has 98 valence electrons. The topological polar surface area (TPSA) is 35.5 Å². The number of hydrogen-bond donors (Lipinski definition) is 0. The van der Waals surface area contributed by atoms with Gasteiger partial charge in [0.25, 0.3) is 0 Å². The lowest BCUT2D eigenvalue weighted by Crippen LogP contribution is -2.45. The number of esters is 1. The molecule has 0 saturated heterocycles. The van der Waals surface area contributed by atoms with Gasteiger partial charge < -0.3 is 9.47 Å². The highest BCUT2D eigenvalue weighted by Crippen LogP contribution is 2.41. The summed E-state index contributed by atoms with van der Waals surface area (Å²) in [5.74, 6) is -0.849. The van der Waals surface area contributed by atoms with Gasteiger partial charge >= 0.3 is 5.97 Å². The molecule has 0 amide bonds. The third kappa shape index (κ3) is 2.58. The summed E-state index contributed by atoms with van der Waals surface area (Å²) in [5, 5.41) is 0.0139. The molecule has 0 N–H and O–H groups in total. The van der Waals surface area contributed by atoms with Gasteiger partial charge in [0.2, 0.25) is 0 Å². The Kier molecular flexibility index (Phi) is 3.76. The summed E-state index contributed by atoms with van der Waals surface area (Å²) in [6.07, 6.45) is 2.52. The summed E-state index contributed by atoms with van der Waals surface area (Å²) in [7, 11) is 1.33. The van der Waals surface area contributed by atoms with Crippen LogP contribution in [0.4, 0.5) is 4.39 Å². The molecule has 0 bridgehead atoms. The number of carbonyl (C=O) groups is 1. The fourth-order valence-electron chi connectivity index (χ4n) is 2.02. The Balaban J connectivity index is 2.15. The second-order valence-corrected chi connectivity index (χ2v) is 4.85. The summed E-state index contributed by atoms with van der Waals surface area (Å²) in [6.45, 7) is 0. The molecule has 5 heteroatoms. The van der Waals surface area contributed by atoms with E-state index in [1.54, 1.807) is 6.07 Å². The number of halogens is 2. The van der Waals surface area contributed by atoms with Crippen LogP contribution < -0.4 is 4.74 Å². The van der Waals surface area contributed by atoms with Crippen molar-refractivity contribution in [3.05, 3.63) is 29.0 Å². The predicted octanol–water partition coefficient (Wildman–Crippen LogP) is 3.34. The lowest BCUT2D eigenvalue weighted by Gasteiger charge is -2.41. The molecule has 3 nitrogen and oxygen atoms in total. The average molecular weight is 273 g/mol. The molecule has 1 saturated carbocycles. The van der Waals surface area contributed by atoms with E-state index >= 15 is 0 Å². The van der Waals surface area contributed by atoms with Gasteiger partial charge in [-0.05, 0) is 31.4 Å². The fraction of sp³-hybridized carbons (Fsp3) is 0.462. The maximum atomic E-state index is 13.7. The number of methoxy groups -OCH3 is 1. The van der Waals surface area contributed by atoms with Gasteiger partial charge in [-0.2, -0.15) is 0 Å². The van der Waals surface area contributed by atoms with Gasteiger partial charge in [-0.3, -0.25) is 4.79 Å². The number of rotatable bonds is 4. The zero-order valence-electron chi connectivity index (χ0n) is 10.0. The van der Waals surface area contributed by atoms with Gasteiger partial charge in [0.05, 0.1) is 18.6 Å². The van der Waals surface area contributed by atoms with Crippen molar-refractivity contribution >= 4 is 17.6 Å². The van der Waals surface area contributed by atoms with Crippen molar-refractivity contribution < 1.29 is 18.7 Å². The van der Waals surface area contributed by atoms with Gasteiger partial charge in [0, 0.05) is 0 Å². The molecule has 0 aromatic heterocycles. The first kappa shape index (κ1) is 13.1. The van der Waals surface area contributed by atoms with Crippen LogP contribution in [0.2, 0.25) is 5.02 Å². The molecule has 0 atom stereocenters. The minimum atomic E-state index is -0.640. The Morgan fingerprint density at radius 2 is 2.22 bits per heavy atom. The van der Waals surface area contributed by atoms with E-state index in [0.29, 0.717) is 12.8 Å². The lowest BCUT2D eigenvalue weighted by atomic mass is 9.77. The average Bonchev–Trinajstić information content (AvgIpc) is 2.31. The maximum absolute atomic E-state index is 13.7. The Labute approximate surface area is 110 Å². The highest BCUT2D eigenvalue weighted by atomic mass is 35.5. The van der Waals surface area contributed by atoms with Crippen molar-refractivity contribution in [2.75, 3.05) is 7.11 Å². The minimum absolute atomic E-state index is 0.0139. The van der Waals surface area contributed by atoms with E-state index in [-0.39, 0.29) is 23.2 Å². The molecular formula is C13H14ClFO3. The molecule has 1 aliphatic carbocycles. The van der Waals surface area contributed by atoms with E-state index in [9.17, 15) is 9.18 Å². The monoisotopic (exact) mass is 272 g/mol. The van der Waals surface area contributed by atoms with Crippen molar-refractivity contribution in [3.63, 3.8) is 0 Å². The van der Waals surface area contributed by atoms with E-state index in [0.717, 1.165) is 6.42 Å². The number of ether oxygens (including phenoxy) is 2. The molecule has 1 aromatic carbocycles. The third-order valence-corrected chi connectivity index (χ3v) is 3.49. The van der Waals surface area contributed by atoms with Crippen molar-refractivity contribution in [1.82, 2.24) is 0 Å². The lowest BCUT2D eigenvalue weighted by molar-refractivity contribution is -0.148. The normalized spacial score (nSPS) is 16.8. The highest BCUT2D eigenvalue weighted by molar-refractivity contribution is 6.30. The highest BCUT2D eigenvalue weighted by Gasteiger charge is 2.42. The van der Waals surface area contributed by atoms with E-state index < -0.39 is 11.4 Å². The number of carbonyl (C=O) groups excluding carboxylic acids is 1. The Hall–Kier alpha value is -1.29. The summed E-state index contributed by atoms with van der Waals surface area (Å²) in [6, 6.07) is 4.58. The molecule has 0 heterocycles. The predicted molar refractivity (Wildman–Crippen MR) is 65.3 cm³/mol. The Morgan fingerprint density at radius 3 is 2.78 bits per heavy atom. The van der Waals surface area contributed by atoms with E-state index in [2.05, 4.69) is 4.74 Å². The van der Waals surface area contributed by atoms with Gasteiger partial charge in [-0.1, -0.05) is 17.7 Å². The first-order valence-corrected chi connectivity index (χ1v) is 6.14. The van der Waals surface area contributed by atoms with Gasteiger partial charge in [-0.15, -0.1) is 0 Å². The largest absolute Gasteiger partial charge is 0.484 e. The van der Waals surface area contributed by atoms with Crippen LogP contribution in [-0.2, 0) is 9.53 Å². The first-order valence-electron chi connectivity index (χ1n) is 5.76. The van der Waals surface area contributed by atoms with E-state index in [1.165, 1.54) is 19.2 Å². The molecule has 2 rings (SSSR count). The van der Waals surface area contributed by atoms with Gasteiger partial charge in [-0.25, -0.2) is 4.39 Å². The Bertz CT molecular complexity index is 458. The van der Waals surface area contributed by atoms with Crippen molar-refractivity contribution in [3.8, 4) is 5.75 Å². The number of benzene rings is 1. The molecule has 1 aliphatic rings. The van der Waals surface area contributed by atoms with Crippen LogP contribution in [0.25, 0.3) is 0 Å². The zero-order valence-corrected chi connectivity index (χ0v) is 10.8. The molecule has 1 fully saturated rings. The summed E-state index contributed by atoms with van der Waals surface area (Å²) >= 11 is 5.69. The Morgan fingerprint density at radius 1 is 1.50 bits per heavy atom. The molecule has 0 aliphatic heterocycles. The first-order chi connectivity index (χ1) is 8.56. The van der Waals surface area contributed by atoms with Gasteiger partial charge in [0.1, 0.15) is 5.60 Å². The fourth-order valence-corrected chi connectivity index (χ4v) is 2.18. The third-order valence-electron chi connectivity index (χ3n) is 3.20. The summed E-state index contributed by atoms with van der Waals surface area (Å²) in [4.78, 5) is 11.3. The van der Waals surface area contributed by atoms with Crippen molar-refractivity contribution in [1.29, 1.82) is 0 Å². The van der Waals surface area contributed by atoms with Gasteiger partial charge in [0.15, 0.2) is 11.6 Å². The van der Waals surface area contributed by atoms with Crippen molar-refractivity contribution in [2.24, 2.45) is 0 Å². The molecule has 1 aromatic rings. The van der Waals surface area contributed by atoms with Crippen LogP contribution in [-0.4, -0.2) is 18.7 Å². The van der Waals surface area contributed by atoms with Crippen LogP contribution in [0.15, 0.2) is 18.2 Å². The molecule has 0 radical (unpaired) electrons. The molecule has 0 spiro atoms. The van der Waals surface area contributed by atoms with Crippen LogP contribution in [0.5, 0.6) is 5.75 Å². The van der Waals surface area contributed by atoms with Crippen molar-refractivity contribution in [2.45, 2.75) is 31.3 Å². The van der Waals surface area contributed by atoms with Crippen LogP contribution >= 0.6 is 11.6 Å². The molecule has 0 unspecified atom stereocenters. The summed E-state index contributed by atoms with van der Waals surface area (Å²) < 4.78 is 24.0. The second kappa shape index (κ2) is 5.14. The minimum Gasteiger partial charge on any atom is -0.484 e. The number of hydrogen-bond acceptors (Lipinski definition) is 3. The van der Waals surface area contributed by atoms with E-state index in [1.807, 2.05) is 0 Å². The quantitative estimate of drug-likeness (QED) is 0.789. The second-order valence-electron chi connectivity index (χ2n) is 4.44. The molecule has 18 heavy (non-hydrogen) atoms. The maximum Gasteiger partial charge on any atom is 0.309 e. The molecular weight excluding hydrogens is 259 g/mol. The smallest absolute Gasteiger partial charge is 0.309 e. The zero-order chi connectivity index (χ0) is 13.2. The van der Waals surface area contributed by atoms with Crippen LogP contribution in [0, 0.1) is 5.82 Å².